The zero-order chi connectivity index (χ0) is 15.9. The third-order valence-corrected chi connectivity index (χ3v) is 3.85. The van der Waals surface area contributed by atoms with Crippen LogP contribution in [0.1, 0.15) is 36.8 Å². The zero-order valence-corrected chi connectivity index (χ0v) is 13.5. The number of amides is 1. The molecule has 0 aliphatic heterocycles. The number of rotatable bonds is 7. The minimum Gasteiger partial charge on any atom is -0.467 e. The van der Waals surface area contributed by atoms with Gasteiger partial charge in [0.25, 0.3) is 0 Å². The van der Waals surface area contributed by atoms with Crippen LogP contribution in [0.5, 0.6) is 0 Å². The molecule has 1 aromatic carbocycles. The molecule has 2 rings (SSSR count). The number of aryl methyl sites for hydroxylation is 1. The summed E-state index contributed by atoms with van der Waals surface area (Å²) >= 11 is 0. The van der Waals surface area contributed by atoms with Crippen molar-refractivity contribution in [3.8, 4) is 0 Å². The Morgan fingerprint density at radius 1 is 1.27 bits per heavy atom. The topological polar surface area (TPSA) is 45.5 Å². The van der Waals surface area contributed by atoms with Gasteiger partial charge in [-0.1, -0.05) is 31.2 Å². The van der Waals surface area contributed by atoms with Crippen LogP contribution in [0.2, 0.25) is 0 Å². The number of carbonyl (C=O) groups is 1. The first-order chi connectivity index (χ1) is 10.6. The molecule has 4 nitrogen and oxygen atoms in total. The molecule has 0 radical (unpaired) electrons. The summed E-state index contributed by atoms with van der Waals surface area (Å²) in [6, 6.07) is 12.4. The third kappa shape index (κ3) is 4.46. The van der Waals surface area contributed by atoms with Crippen LogP contribution in [0.4, 0.5) is 0 Å². The molecule has 0 saturated heterocycles. The highest BCUT2D eigenvalue weighted by Gasteiger charge is 2.12. The maximum atomic E-state index is 12.1. The summed E-state index contributed by atoms with van der Waals surface area (Å²) in [5, 5.41) is 3.27. The lowest BCUT2D eigenvalue weighted by Crippen LogP contribution is -2.36. The second-order valence-corrected chi connectivity index (χ2v) is 5.53. The van der Waals surface area contributed by atoms with Gasteiger partial charge in [0, 0.05) is 13.1 Å². The zero-order valence-electron chi connectivity index (χ0n) is 13.5. The van der Waals surface area contributed by atoms with Crippen molar-refractivity contribution in [1.29, 1.82) is 0 Å². The maximum Gasteiger partial charge on any atom is 0.236 e. The van der Waals surface area contributed by atoms with Crippen molar-refractivity contribution in [3.05, 3.63) is 59.5 Å². The van der Waals surface area contributed by atoms with E-state index in [4.69, 9.17) is 4.42 Å². The first kappa shape index (κ1) is 16.3. The van der Waals surface area contributed by atoms with Crippen molar-refractivity contribution in [2.24, 2.45) is 0 Å². The molecule has 0 aliphatic carbocycles. The van der Waals surface area contributed by atoms with Crippen LogP contribution in [0, 0.1) is 0 Å². The molecule has 0 aliphatic rings. The highest BCUT2D eigenvalue weighted by molar-refractivity contribution is 5.77. The largest absolute Gasteiger partial charge is 0.467 e. The molecule has 1 heterocycles. The predicted molar refractivity (Wildman–Crippen MR) is 87.4 cm³/mol. The van der Waals surface area contributed by atoms with E-state index < -0.39 is 0 Å². The molecule has 1 amide bonds. The second-order valence-electron chi connectivity index (χ2n) is 5.53. The van der Waals surface area contributed by atoms with Gasteiger partial charge in [-0.2, -0.15) is 0 Å². The Morgan fingerprint density at radius 3 is 2.59 bits per heavy atom. The minimum absolute atomic E-state index is 0.0495. The minimum atomic E-state index is 0.0495. The number of hydrogen-bond acceptors (Lipinski definition) is 3. The Labute approximate surface area is 132 Å². The van der Waals surface area contributed by atoms with E-state index in [2.05, 4.69) is 43.4 Å². The molecular weight excluding hydrogens is 276 g/mol. The van der Waals surface area contributed by atoms with Crippen molar-refractivity contribution in [3.63, 3.8) is 0 Å². The van der Waals surface area contributed by atoms with E-state index in [1.54, 1.807) is 18.2 Å². The standard InChI is InChI=1S/C18H24N2O2/c1-4-15-7-9-16(10-8-15)14(2)19-12-18(21)20(3)13-17-6-5-11-22-17/h5-11,14,19H,4,12-13H2,1-3H3/t14-/m1/s1. The Morgan fingerprint density at radius 2 is 2.00 bits per heavy atom. The van der Waals surface area contributed by atoms with Crippen LogP contribution in [0.3, 0.4) is 0 Å². The number of likely N-dealkylation sites (N-methyl/N-ethyl adjacent to an activating group) is 1. The molecule has 1 N–H and O–H groups in total. The number of nitrogens with zero attached hydrogens (tertiary/aromatic N) is 1. The van der Waals surface area contributed by atoms with Crippen LogP contribution < -0.4 is 5.32 Å². The van der Waals surface area contributed by atoms with E-state index in [1.165, 1.54) is 11.1 Å². The molecule has 1 atom stereocenters. The molecule has 4 heteroatoms. The number of nitrogens with one attached hydrogen (secondary N) is 1. The van der Waals surface area contributed by atoms with Gasteiger partial charge in [0.15, 0.2) is 0 Å². The summed E-state index contributed by atoms with van der Waals surface area (Å²) in [5.74, 6) is 0.840. The quantitative estimate of drug-likeness (QED) is 0.854. The SMILES string of the molecule is CCc1ccc([C@@H](C)NCC(=O)N(C)Cc2ccco2)cc1. The first-order valence-electron chi connectivity index (χ1n) is 7.68. The first-order valence-corrected chi connectivity index (χ1v) is 7.68. The van der Waals surface area contributed by atoms with Gasteiger partial charge in [0.1, 0.15) is 5.76 Å². The number of hydrogen-bond donors (Lipinski definition) is 1. The molecule has 22 heavy (non-hydrogen) atoms. The molecule has 2 aromatic rings. The van der Waals surface area contributed by atoms with E-state index in [9.17, 15) is 4.79 Å². The number of furan rings is 1. The maximum absolute atomic E-state index is 12.1. The highest BCUT2D eigenvalue weighted by atomic mass is 16.3. The lowest BCUT2D eigenvalue weighted by atomic mass is 10.1. The van der Waals surface area contributed by atoms with Gasteiger partial charge >= 0.3 is 0 Å². The Balaban J connectivity index is 1.81. The molecule has 0 fully saturated rings. The lowest BCUT2D eigenvalue weighted by molar-refractivity contribution is -0.129. The van der Waals surface area contributed by atoms with Crippen molar-refractivity contribution in [2.75, 3.05) is 13.6 Å². The third-order valence-electron chi connectivity index (χ3n) is 3.85. The predicted octanol–water partition coefficient (Wildman–Crippen LogP) is 3.15. The summed E-state index contributed by atoms with van der Waals surface area (Å²) in [7, 11) is 1.78. The van der Waals surface area contributed by atoms with Crippen LogP contribution in [0.15, 0.2) is 47.1 Å². The van der Waals surface area contributed by atoms with Gasteiger partial charge in [-0.15, -0.1) is 0 Å². The Kier molecular flexibility index (Phi) is 5.78. The van der Waals surface area contributed by atoms with E-state index >= 15 is 0 Å². The Bertz CT molecular complexity index is 576. The normalized spacial score (nSPS) is 12.1. The van der Waals surface area contributed by atoms with Crippen molar-refractivity contribution >= 4 is 5.91 Å². The smallest absolute Gasteiger partial charge is 0.236 e. The van der Waals surface area contributed by atoms with Gasteiger partial charge in [0.2, 0.25) is 5.91 Å². The van der Waals surface area contributed by atoms with Gasteiger partial charge < -0.3 is 14.6 Å². The van der Waals surface area contributed by atoms with Crippen LogP contribution >= 0.6 is 0 Å². The summed E-state index contributed by atoms with van der Waals surface area (Å²) in [6.45, 7) is 5.02. The lowest BCUT2D eigenvalue weighted by Gasteiger charge is -2.19. The van der Waals surface area contributed by atoms with Crippen molar-refractivity contribution in [2.45, 2.75) is 32.9 Å². The van der Waals surface area contributed by atoms with Crippen molar-refractivity contribution < 1.29 is 9.21 Å². The summed E-state index contributed by atoms with van der Waals surface area (Å²) in [5.41, 5.74) is 2.52. The van der Waals surface area contributed by atoms with E-state index in [0.717, 1.165) is 12.2 Å². The molecule has 0 saturated carbocycles. The van der Waals surface area contributed by atoms with E-state index in [0.29, 0.717) is 13.1 Å². The van der Waals surface area contributed by atoms with Gasteiger partial charge in [0.05, 0.1) is 19.4 Å². The van der Waals surface area contributed by atoms with E-state index in [-0.39, 0.29) is 11.9 Å². The summed E-state index contributed by atoms with van der Waals surface area (Å²) < 4.78 is 5.26. The molecule has 0 spiro atoms. The van der Waals surface area contributed by atoms with Gasteiger partial charge in [-0.25, -0.2) is 0 Å². The average molecular weight is 300 g/mol. The van der Waals surface area contributed by atoms with Crippen LogP contribution in [-0.2, 0) is 17.8 Å². The fourth-order valence-corrected chi connectivity index (χ4v) is 2.26. The van der Waals surface area contributed by atoms with Gasteiger partial charge in [-0.05, 0) is 36.6 Å². The van der Waals surface area contributed by atoms with Crippen LogP contribution in [-0.4, -0.2) is 24.4 Å². The number of benzene rings is 1. The van der Waals surface area contributed by atoms with Crippen LogP contribution in [0.25, 0.3) is 0 Å². The molecular formula is C18H24N2O2. The number of carbonyl (C=O) groups excluding carboxylic acids is 1. The van der Waals surface area contributed by atoms with Crippen molar-refractivity contribution in [1.82, 2.24) is 10.2 Å². The summed E-state index contributed by atoms with van der Waals surface area (Å²) in [4.78, 5) is 13.8. The van der Waals surface area contributed by atoms with E-state index in [1.807, 2.05) is 12.1 Å². The second kappa shape index (κ2) is 7.80. The summed E-state index contributed by atoms with van der Waals surface area (Å²) in [6.07, 6.45) is 2.66. The fraction of sp³-hybridized carbons (Fsp3) is 0.389. The molecule has 0 unspecified atom stereocenters. The van der Waals surface area contributed by atoms with Gasteiger partial charge in [-0.3, -0.25) is 4.79 Å². The molecule has 1 aromatic heterocycles. The monoisotopic (exact) mass is 300 g/mol. The molecule has 118 valence electrons. The Hall–Kier alpha value is -2.07. The molecule has 0 bridgehead atoms. The highest BCUT2D eigenvalue weighted by Crippen LogP contribution is 2.13. The average Bonchev–Trinajstić information content (AvgIpc) is 3.05. The fourth-order valence-electron chi connectivity index (χ4n) is 2.26.